The highest BCUT2D eigenvalue weighted by Gasteiger charge is 2.15. The molecule has 3 heteroatoms. The van der Waals surface area contributed by atoms with Gasteiger partial charge in [0.25, 0.3) is 0 Å². The molecule has 3 rings (SSSR count). The molecule has 0 fully saturated rings. The van der Waals surface area contributed by atoms with Crippen LogP contribution < -0.4 is 10.1 Å². The molecule has 0 aliphatic rings. The minimum atomic E-state index is 0.0710. The normalized spacial score (nSPS) is 12.5. The standard InChI is InChI=1S/C19H21NOS/c1-14-8-9-18(19-16(14)11-13-22-19)21-17(10-12-20-2)15-6-4-3-5-7-15/h3-9,11,13,17,20H,10,12H2,1-2H3. The fraction of sp³-hybridized carbons (Fsp3) is 0.263. The van der Waals surface area contributed by atoms with Gasteiger partial charge in [0.05, 0.1) is 4.70 Å². The smallest absolute Gasteiger partial charge is 0.138 e. The van der Waals surface area contributed by atoms with Crippen molar-refractivity contribution >= 4 is 21.4 Å². The molecule has 0 saturated carbocycles. The Labute approximate surface area is 135 Å². The predicted octanol–water partition coefficient (Wildman–Crippen LogP) is 4.94. The number of benzene rings is 2. The summed E-state index contributed by atoms with van der Waals surface area (Å²) in [5, 5.41) is 6.65. The topological polar surface area (TPSA) is 21.3 Å². The Morgan fingerprint density at radius 3 is 2.68 bits per heavy atom. The van der Waals surface area contributed by atoms with Gasteiger partial charge < -0.3 is 10.1 Å². The highest BCUT2D eigenvalue weighted by molar-refractivity contribution is 7.17. The second-order valence-electron chi connectivity index (χ2n) is 5.45. The maximum absolute atomic E-state index is 6.40. The largest absolute Gasteiger partial charge is 0.484 e. The first-order valence-corrected chi connectivity index (χ1v) is 8.50. The maximum Gasteiger partial charge on any atom is 0.138 e. The van der Waals surface area contributed by atoms with Gasteiger partial charge >= 0.3 is 0 Å². The van der Waals surface area contributed by atoms with Crippen LogP contribution in [0.3, 0.4) is 0 Å². The van der Waals surface area contributed by atoms with Gasteiger partial charge in [0.2, 0.25) is 0 Å². The van der Waals surface area contributed by atoms with E-state index >= 15 is 0 Å². The lowest BCUT2D eigenvalue weighted by Gasteiger charge is -2.20. The Bertz CT molecular complexity index is 736. The zero-order valence-corrected chi connectivity index (χ0v) is 13.8. The lowest BCUT2D eigenvalue weighted by Crippen LogP contribution is -2.16. The maximum atomic E-state index is 6.40. The van der Waals surface area contributed by atoms with E-state index in [-0.39, 0.29) is 6.10 Å². The molecule has 1 unspecified atom stereocenters. The van der Waals surface area contributed by atoms with Crippen molar-refractivity contribution in [2.45, 2.75) is 19.4 Å². The first-order valence-electron chi connectivity index (χ1n) is 7.62. The van der Waals surface area contributed by atoms with Gasteiger partial charge in [-0.3, -0.25) is 0 Å². The average molecular weight is 311 g/mol. The van der Waals surface area contributed by atoms with Gasteiger partial charge in [-0.05, 0) is 54.5 Å². The lowest BCUT2D eigenvalue weighted by atomic mass is 10.1. The molecule has 22 heavy (non-hydrogen) atoms. The lowest BCUT2D eigenvalue weighted by molar-refractivity contribution is 0.198. The summed E-state index contributed by atoms with van der Waals surface area (Å²) in [4.78, 5) is 0. The summed E-state index contributed by atoms with van der Waals surface area (Å²) in [6.45, 7) is 3.08. The van der Waals surface area contributed by atoms with Crippen LogP contribution in [-0.2, 0) is 0 Å². The van der Waals surface area contributed by atoms with Crippen LogP contribution in [0.25, 0.3) is 10.1 Å². The van der Waals surface area contributed by atoms with Crippen molar-refractivity contribution in [3.8, 4) is 5.75 Å². The molecular formula is C19H21NOS. The van der Waals surface area contributed by atoms with Crippen molar-refractivity contribution < 1.29 is 4.74 Å². The number of hydrogen-bond donors (Lipinski definition) is 1. The molecular weight excluding hydrogens is 290 g/mol. The van der Waals surface area contributed by atoms with Crippen LogP contribution in [0.15, 0.2) is 53.9 Å². The molecule has 1 aromatic heterocycles. The minimum Gasteiger partial charge on any atom is -0.484 e. The van der Waals surface area contributed by atoms with Crippen molar-refractivity contribution in [2.24, 2.45) is 0 Å². The third kappa shape index (κ3) is 3.16. The van der Waals surface area contributed by atoms with E-state index in [1.54, 1.807) is 11.3 Å². The van der Waals surface area contributed by atoms with Crippen LogP contribution in [0.1, 0.15) is 23.7 Å². The van der Waals surface area contributed by atoms with Crippen LogP contribution in [0, 0.1) is 6.92 Å². The van der Waals surface area contributed by atoms with Gasteiger partial charge in [-0.1, -0.05) is 36.4 Å². The Hall–Kier alpha value is -1.84. The molecule has 0 radical (unpaired) electrons. The van der Waals surface area contributed by atoms with Gasteiger partial charge in [-0.15, -0.1) is 11.3 Å². The number of thiophene rings is 1. The van der Waals surface area contributed by atoms with E-state index in [4.69, 9.17) is 4.74 Å². The summed E-state index contributed by atoms with van der Waals surface area (Å²) in [7, 11) is 1.98. The van der Waals surface area contributed by atoms with E-state index in [1.165, 1.54) is 21.2 Å². The second-order valence-corrected chi connectivity index (χ2v) is 6.37. The predicted molar refractivity (Wildman–Crippen MR) is 94.9 cm³/mol. The van der Waals surface area contributed by atoms with Crippen molar-refractivity contribution in [2.75, 3.05) is 13.6 Å². The molecule has 0 amide bonds. The second kappa shape index (κ2) is 6.95. The van der Waals surface area contributed by atoms with E-state index in [2.05, 4.69) is 60.1 Å². The number of fused-ring (bicyclic) bond motifs is 1. The van der Waals surface area contributed by atoms with E-state index in [9.17, 15) is 0 Å². The molecule has 0 saturated heterocycles. The van der Waals surface area contributed by atoms with Crippen molar-refractivity contribution in [3.05, 3.63) is 65.0 Å². The summed E-state index contributed by atoms with van der Waals surface area (Å²) in [5.74, 6) is 0.987. The van der Waals surface area contributed by atoms with Crippen molar-refractivity contribution in [1.82, 2.24) is 5.32 Å². The summed E-state index contributed by atoms with van der Waals surface area (Å²) in [6, 6.07) is 16.9. The summed E-state index contributed by atoms with van der Waals surface area (Å²) >= 11 is 1.75. The fourth-order valence-corrected chi connectivity index (χ4v) is 3.59. The minimum absolute atomic E-state index is 0.0710. The Kier molecular flexibility index (Phi) is 4.76. The molecule has 1 N–H and O–H groups in total. The molecule has 2 aromatic carbocycles. The fourth-order valence-electron chi connectivity index (χ4n) is 2.66. The van der Waals surface area contributed by atoms with E-state index < -0.39 is 0 Å². The number of hydrogen-bond acceptors (Lipinski definition) is 3. The quantitative estimate of drug-likeness (QED) is 0.696. The number of aryl methyl sites for hydroxylation is 1. The first-order chi connectivity index (χ1) is 10.8. The summed E-state index contributed by atoms with van der Waals surface area (Å²) < 4.78 is 7.64. The highest BCUT2D eigenvalue weighted by atomic mass is 32.1. The summed E-state index contributed by atoms with van der Waals surface area (Å²) in [5.41, 5.74) is 2.53. The van der Waals surface area contributed by atoms with Crippen LogP contribution in [-0.4, -0.2) is 13.6 Å². The van der Waals surface area contributed by atoms with Crippen molar-refractivity contribution in [1.29, 1.82) is 0 Å². The average Bonchev–Trinajstić information content (AvgIpc) is 3.05. The number of ether oxygens (including phenoxy) is 1. The molecule has 2 nitrogen and oxygen atoms in total. The molecule has 1 atom stereocenters. The van der Waals surface area contributed by atoms with E-state index in [1.807, 2.05) is 13.1 Å². The monoisotopic (exact) mass is 311 g/mol. The molecule has 0 bridgehead atoms. The molecule has 0 aliphatic heterocycles. The molecule has 0 aliphatic carbocycles. The Balaban J connectivity index is 1.92. The third-order valence-corrected chi connectivity index (χ3v) is 4.82. The van der Waals surface area contributed by atoms with Crippen LogP contribution in [0.2, 0.25) is 0 Å². The molecule has 114 valence electrons. The third-order valence-electron chi connectivity index (χ3n) is 3.90. The van der Waals surface area contributed by atoms with Gasteiger partial charge in [-0.2, -0.15) is 0 Å². The number of rotatable bonds is 6. The van der Waals surface area contributed by atoms with Crippen molar-refractivity contribution in [3.63, 3.8) is 0 Å². The van der Waals surface area contributed by atoms with Crippen LogP contribution >= 0.6 is 11.3 Å². The van der Waals surface area contributed by atoms with Gasteiger partial charge in [0, 0.05) is 6.42 Å². The summed E-state index contributed by atoms with van der Waals surface area (Å²) in [6.07, 6.45) is 1.02. The number of nitrogens with one attached hydrogen (secondary N) is 1. The van der Waals surface area contributed by atoms with Gasteiger partial charge in [0.15, 0.2) is 0 Å². The highest BCUT2D eigenvalue weighted by Crippen LogP contribution is 2.36. The molecule has 3 aromatic rings. The van der Waals surface area contributed by atoms with Crippen LogP contribution in [0.5, 0.6) is 5.75 Å². The Morgan fingerprint density at radius 2 is 1.91 bits per heavy atom. The van der Waals surface area contributed by atoms with Gasteiger partial charge in [-0.25, -0.2) is 0 Å². The van der Waals surface area contributed by atoms with Gasteiger partial charge in [0.1, 0.15) is 11.9 Å². The Morgan fingerprint density at radius 1 is 1.09 bits per heavy atom. The molecule has 0 spiro atoms. The van der Waals surface area contributed by atoms with Crippen LogP contribution in [0.4, 0.5) is 0 Å². The first kappa shape index (κ1) is 15.1. The molecule has 1 heterocycles. The van der Waals surface area contributed by atoms with E-state index in [0.717, 1.165) is 18.7 Å². The van der Waals surface area contributed by atoms with E-state index in [0.29, 0.717) is 0 Å². The zero-order chi connectivity index (χ0) is 15.4. The zero-order valence-electron chi connectivity index (χ0n) is 13.0. The SMILES string of the molecule is CNCCC(Oc1ccc(C)c2ccsc12)c1ccccc1.